The van der Waals surface area contributed by atoms with Gasteiger partial charge in [0.05, 0.1) is 6.10 Å². The normalized spacial score (nSPS) is 12.4. The highest BCUT2D eigenvalue weighted by molar-refractivity contribution is 5.22. The molecule has 1 unspecified atom stereocenters. The van der Waals surface area contributed by atoms with Crippen molar-refractivity contribution in [2.75, 3.05) is 0 Å². The summed E-state index contributed by atoms with van der Waals surface area (Å²) in [4.78, 5) is 4.21. The molecule has 2 rings (SSSR count). The van der Waals surface area contributed by atoms with Crippen LogP contribution in [0.1, 0.15) is 29.8 Å². The van der Waals surface area contributed by atoms with Crippen LogP contribution in [0.4, 0.5) is 8.78 Å². The van der Waals surface area contributed by atoms with Gasteiger partial charge in [-0.15, -0.1) is 0 Å². The first-order valence-electron chi connectivity index (χ1n) is 6.16. The molecule has 100 valence electrons. The molecule has 2 nitrogen and oxygen atoms in total. The summed E-state index contributed by atoms with van der Waals surface area (Å²) in [5.74, 6) is -1.38. The third kappa shape index (κ3) is 3.58. The summed E-state index contributed by atoms with van der Waals surface area (Å²) < 4.78 is 26.1. The number of aromatic nitrogens is 1. The fourth-order valence-electron chi connectivity index (χ4n) is 1.87. The van der Waals surface area contributed by atoms with Crippen LogP contribution in [-0.4, -0.2) is 10.1 Å². The van der Waals surface area contributed by atoms with Crippen molar-refractivity contribution in [3.8, 4) is 0 Å². The van der Waals surface area contributed by atoms with Gasteiger partial charge in [-0.1, -0.05) is 13.0 Å². The minimum atomic E-state index is -0.967. The van der Waals surface area contributed by atoms with E-state index in [9.17, 15) is 13.9 Å². The highest BCUT2D eigenvalue weighted by atomic mass is 19.1. The predicted molar refractivity (Wildman–Crippen MR) is 68.6 cm³/mol. The lowest BCUT2D eigenvalue weighted by atomic mass is 10.0. The van der Waals surface area contributed by atoms with E-state index in [1.807, 2.05) is 19.1 Å². The Kier molecular flexibility index (Phi) is 4.22. The predicted octanol–water partition coefficient (Wildman–Crippen LogP) is 3.20. The summed E-state index contributed by atoms with van der Waals surface area (Å²) in [6, 6.07) is 6.80. The van der Waals surface area contributed by atoms with Crippen LogP contribution in [0, 0.1) is 11.6 Å². The quantitative estimate of drug-likeness (QED) is 0.919. The molecule has 0 aliphatic carbocycles. The van der Waals surface area contributed by atoms with Gasteiger partial charge in [-0.25, -0.2) is 8.78 Å². The van der Waals surface area contributed by atoms with Crippen molar-refractivity contribution in [1.82, 2.24) is 4.98 Å². The lowest BCUT2D eigenvalue weighted by molar-refractivity contribution is 0.176. The maximum atomic E-state index is 13.1. The summed E-state index contributed by atoms with van der Waals surface area (Å²) >= 11 is 0. The summed E-state index contributed by atoms with van der Waals surface area (Å²) in [6.45, 7) is 2.03. The van der Waals surface area contributed by atoms with E-state index in [1.54, 1.807) is 6.20 Å². The van der Waals surface area contributed by atoms with E-state index in [2.05, 4.69) is 4.98 Å². The van der Waals surface area contributed by atoms with Gasteiger partial charge in [0.1, 0.15) is 11.6 Å². The van der Waals surface area contributed by atoms with Crippen LogP contribution in [0.2, 0.25) is 0 Å². The molecule has 1 heterocycles. The van der Waals surface area contributed by atoms with Gasteiger partial charge in [-0.2, -0.15) is 0 Å². The van der Waals surface area contributed by atoms with Gasteiger partial charge in [-0.3, -0.25) is 4.98 Å². The van der Waals surface area contributed by atoms with Crippen molar-refractivity contribution < 1.29 is 13.9 Å². The van der Waals surface area contributed by atoms with Crippen molar-refractivity contribution in [3.05, 3.63) is 65.0 Å². The summed E-state index contributed by atoms with van der Waals surface area (Å²) in [5, 5.41) is 9.98. The Morgan fingerprint density at radius 1 is 1.16 bits per heavy atom. The Labute approximate surface area is 110 Å². The molecule has 1 N–H and O–H groups in total. The van der Waals surface area contributed by atoms with Crippen LogP contribution >= 0.6 is 0 Å². The molecule has 19 heavy (non-hydrogen) atoms. The fraction of sp³-hybridized carbons (Fsp3) is 0.267. The fourth-order valence-corrected chi connectivity index (χ4v) is 1.87. The van der Waals surface area contributed by atoms with Gasteiger partial charge < -0.3 is 5.11 Å². The number of aryl methyl sites for hydroxylation is 1. The SMILES string of the molecule is CCc1ccc(CC(O)c2cc(F)cc(F)c2)nc1. The molecule has 0 radical (unpaired) electrons. The summed E-state index contributed by atoms with van der Waals surface area (Å²) in [6.07, 6.45) is 1.90. The first kappa shape index (κ1) is 13.6. The minimum absolute atomic E-state index is 0.221. The van der Waals surface area contributed by atoms with Gasteiger partial charge in [0.15, 0.2) is 0 Å². The Hall–Kier alpha value is -1.81. The number of rotatable bonds is 4. The number of halogens is 2. The molecule has 4 heteroatoms. The van der Waals surface area contributed by atoms with Crippen molar-refractivity contribution in [3.63, 3.8) is 0 Å². The monoisotopic (exact) mass is 263 g/mol. The second-order valence-electron chi connectivity index (χ2n) is 4.43. The summed E-state index contributed by atoms with van der Waals surface area (Å²) in [7, 11) is 0. The number of benzene rings is 1. The maximum absolute atomic E-state index is 13.1. The molecule has 0 saturated heterocycles. The van der Waals surface area contributed by atoms with Crippen LogP contribution in [0.5, 0.6) is 0 Å². The lowest BCUT2D eigenvalue weighted by Crippen LogP contribution is -2.04. The highest BCUT2D eigenvalue weighted by Gasteiger charge is 2.12. The van der Waals surface area contributed by atoms with E-state index in [0.717, 1.165) is 30.2 Å². The molecular weight excluding hydrogens is 248 g/mol. The number of nitrogens with zero attached hydrogens (tertiary/aromatic N) is 1. The van der Waals surface area contributed by atoms with E-state index in [1.165, 1.54) is 0 Å². The van der Waals surface area contributed by atoms with Crippen LogP contribution in [0.15, 0.2) is 36.5 Å². The van der Waals surface area contributed by atoms with E-state index in [-0.39, 0.29) is 12.0 Å². The van der Waals surface area contributed by atoms with Crippen LogP contribution in [-0.2, 0) is 12.8 Å². The van der Waals surface area contributed by atoms with Gasteiger partial charge in [-0.05, 0) is 35.7 Å². The zero-order valence-electron chi connectivity index (χ0n) is 10.6. The molecule has 2 aromatic rings. The molecule has 0 saturated carbocycles. The van der Waals surface area contributed by atoms with Gasteiger partial charge in [0.25, 0.3) is 0 Å². The van der Waals surface area contributed by atoms with Crippen LogP contribution in [0.3, 0.4) is 0 Å². The Morgan fingerprint density at radius 2 is 1.84 bits per heavy atom. The van der Waals surface area contributed by atoms with Gasteiger partial charge in [0, 0.05) is 24.4 Å². The second-order valence-corrected chi connectivity index (χ2v) is 4.43. The Morgan fingerprint density at radius 3 is 2.37 bits per heavy atom. The minimum Gasteiger partial charge on any atom is -0.388 e. The first-order valence-corrected chi connectivity index (χ1v) is 6.16. The second kappa shape index (κ2) is 5.89. The number of hydrogen-bond donors (Lipinski definition) is 1. The van der Waals surface area contributed by atoms with Crippen molar-refractivity contribution in [2.24, 2.45) is 0 Å². The van der Waals surface area contributed by atoms with Gasteiger partial charge >= 0.3 is 0 Å². The standard InChI is InChI=1S/C15H15F2NO/c1-2-10-3-4-14(18-9-10)8-15(19)11-5-12(16)7-13(17)6-11/h3-7,9,15,19H,2,8H2,1H3. The molecule has 1 aromatic carbocycles. The smallest absolute Gasteiger partial charge is 0.126 e. The summed E-state index contributed by atoms with van der Waals surface area (Å²) in [5.41, 5.74) is 2.02. The first-order chi connectivity index (χ1) is 9.08. The molecule has 0 fully saturated rings. The highest BCUT2D eigenvalue weighted by Crippen LogP contribution is 2.19. The molecule has 0 bridgehead atoms. The molecule has 0 amide bonds. The van der Waals surface area contributed by atoms with Crippen molar-refractivity contribution in [2.45, 2.75) is 25.9 Å². The lowest BCUT2D eigenvalue weighted by Gasteiger charge is -2.11. The largest absolute Gasteiger partial charge is 0.388 e. The average Bonchev–Trinajstić information content (AvgIpc) is 2.38. The molecular formula is C15H15F2NO. The molecule has 0 aliphatic heterocycles. The van der Waals surface area contributed by atoms with Crippen LogP contribution in [0.25, 0.3) is 0 Å². The third-order valence-corrected chi connectivity index (χ3v) is 2.97. The zero-order chi connectivity index (χ0) is 13.8. The topological polar surface area (TPSA) is 33.1 Å². The van der Waals surface area contributed by atoms with Crippen molar-refractivity contribution >= 4 is 0 Å². The van der Waals surface area contributed by atoms with Crippen LogP contribution < -0.4 is 0 Å². The number of aliphatic hydroxyl groups is 1. The van der Waals surface area contributed by atoms with Gasteiger partial charge in [0.2, 0.25) is 0 Å². The van der Waals surface area contributed by atoms with Crippen molar-refractivity contribution in [1.29, 1.82) is 0 Å². The molecule has 0 aliphatic rings. The van der Waals surface area contributed by atoms with E-state index < -0.39 is 17.7 Å². The number of pyridine rings is 1. The Balaban J connectivity index is 2.13. The average molecular weight is 263 g/mol. The van der Waals surface area contributed by atoms with E-state index >= 15 is 0 Å². The maximum Gasteiger partial charge on any atom is 0.126 e. The number of aliphatic hydroxyl groups excluding tert-OH is 1. The number of hydrogen-bond acceptors (Lipinski definition) is 2. The van der Waals surface area contributed by atoms with E-state index in [0.29, 0.717) is 5.69 Å². The Bertz CT molecular complexity index is 534. The third-order valence-electron chi connectivity index (χ3n) is 2.97. The zero-order valence-corrected chi connectivity index (χ0v) is 10.6. The molecule has 1 aromatic heterocycles. The molecule has 1 atom stereocenters. The molecule has 0 spiro atoms. The van der Waals surface area contributed by atoms with E-state index in [4.69, 9.17) is 0 Å².